The van der Waals surface area contributed by atoms with Crippen LogP contribution in [0.5, 0.6) is 5.75 Å². The van der Waals surface area contributed by atoms with Crippen LogP contribution in [0.25, 0.3) is 0 Å². The van der Waals surface area contributed by atoms with Crippen molar-refractivity contribution in [1.29, 1.82) is 0 Å². The summed E-state index contributed by atoms with van der Waals surface area (Å²) in [6.07, 6.45) is 7.41. The maximum atomic E-state index is 10.1. The topological polar surface area (TPSA) is 70.0 Å². The molecule has 0 spiro atoms. The number of ether oxygens (including phenoxy) is 1. The van der Waals surface area contributed by atoms with Crippen molar-refractivity contribution in [2.45, 2.75) is 69.4 Å². The zero-order chi connectivity index (χ0) is 19.2. The minimum absolute atomic E-state index is 0.0980. The Morgan fingerprint density at radius 1 is 1.33 bits per heavy atom. The van der Waals surface area contributed by atoms with E-state index in [1.807, 2.05) is 12.1 Å². The van der Waals surface area contributed by atoms with E-state index in [0.717, 1.165) is 32.3 Å². The average molecular weight is 373 g/mol. The molecule has 3 atom stereocenters. The van der Waals surface area contributed by atoms with Gasteiger partial charge in [0.25, 0.3) is 5.97 Å². The van der Waals surface area contributed by atoms with Gasteiger partial charge in [0.1, 0.15) is 5.75 Å². The highest BCUT2D eigenvalue weighted by atomic mass is 16.5. The third-order valence-corrected chi connectivity index (χ3v) is 7.21. The molecule has 0 aromatic heterocycles. The SMILES string of the molecule is CC(=O)O.C[C@@]12OCCC[C@@]13CCN(CC1CC1)[C@@H]2Cc1ccc(O)cc13. The number of rotatable bonds is 2. The number of hydrogen-bond donors (Lipinski definition) is 2. The number of carboxylic acids is 1. The summed E-state index contributed by atoms with van der Waals surface area (Å²) >= 11 is 0. The first kappa shape index (κ1) is 18.8. The van der Waals surface area contributed by atoms with Crippen molar-refractivity contribution in [3.8, 4) is 5.75 Å². The smallest absolute Gasteiger partial charge is 0.300 e. The largest absolute Gasteiger partial charge is 0.508 e. The minimum atomic E-state index is -0.833. The molecular weight excluding hydrogens is 342 g/mol. The maximum Gasteiger partial charge on any atom is 0.300 e. The fourth-order valence-electron chi connectivity index (χ4n) is 5.78. The average Bonchev–Trinajstić information content (AvgIpc) is 3.41. The molecule has 2 bridgehead atoms. The van der Waals surface area contributed by atoms with Crippen LogP contribution in [-0.4, -0.2) is 52.4 Å². The van der Waals surface area contributed by atoms with Crippen molar-refractivity contribution in [1.82, 2.24) is 4.90 Å². The van der Waals surface area contributed by atoms with Crippen LogP contribution in [0.4, 0.5) is 0 Å². The normalized spacial score (nSPS) is 34.7. The van der Waals surface area contributed by atoms with E-state index >= 15 is 0 Å². The number of aromatic hydroxyl groups is 1. The molecule has 2 saturated heterocycles. The molecule has 27 heavy (non-hydrogen) atoms. The Labute approximate surface area is 161 Å². The Kier molecular flexibility index (Phi) is 4.71. The van der Waals surface area contributed by atoms with E-state index in [0.29, 0.717) is 11.8 Å². The molecule has 1 saturated carbocycles. The number of fused-ring (bicyclic) bond motifs is 1. The first-order valence-electron chi connectivity index (χ1n) is 10.3. The van der Waals surface area contributed by atoms with E-state index in [4.69, 9.17) is 14.6 Å². The Bertz CT molecular complexity index is 727. The lowest BCUT2D eigenvalue weighted by Crippen LogP contribution is -2.72. The van der Waals surface area contributed by atoms with Gasteiger partial charge in [-0.3, -0.25) is 9.69 Å². The van der Waals surface area contributed by atoms with Crippen LogP contribution < -0.4 is 0 Å². The van der Waals surface area contributed by atoms with Crippen LogP contribution in [0.3, 0.4) is 0 Å². The number of benzene rings is 1. The second kappa shape index (κ2) is 6.78. The van der Waals surface area contributed by atoms with Gasteiger partial charge in [0.05, 0.1) is 5.60 Å². The second-order valence-corrected chi connectivity index (χ2v) is 8.91. The van der Waals surface area contributed by atoms with Gasteiger partial charge < -0.3 is 14.9 Å². The fourth-order valence-corrected chi connectivity index (χ4v) is 5.78. The molecule has 5 nitrogen and oxygen atoms in total. The van der Waals surface area contributed by atoms with Crippen molar-refractivity contribution in [3.05, 3.63) is 29.3 Å². The number of likely N-dealkylation sites (tertiary alicyclic amines) is 1. The van der Waals surface area contributed by atoms with Crippen LogP contribution in [0.1, 0.15) is 57.1 Å². The summed E-state index contributed by atoms with van der Waals surface area (Å²) in [7, 11) is 0. The van der Waals surface area contributed by atoms with Gasteiger partial charge in [-0.05, 0) is 81.2 Å². The number of phenolic OH excluding ortho intramolecular Hbond substituents is 1. The zero-order valence-electron chi connectivity index (χ0n) is 16.4. The third kappa shape index (κ3) is 3.15. The van der Waals surface area contributed by atoms with Crippen molar-refractivity contribution < 1.29 is 19.7 Å². The summed E-state index contributed by atoms with van der Waals surface area (Å²) in [5.41, 5.74) is 2.82. The molecule has 2 N–H and O–H groups in total. The van der Waals surface area contributed by atoms with Crippen LogP contribution in [-0.2, 0) is 21.4 Å². The first-order valence-corrected chi connectivity index (χ1v) is 10.3. The van der Waals surface area contributed by atoms with E-state index in [1.54, 1.807) is 0 Å². The van der Waals surface area contributed by atoms with Gasteiger partial charge in [0.15, 0.2) is 0 Å². The molecule has 3 fully saturated rings. The monoisotopic (exact) mass is 373 g/mol. The van der Waals surface area contributed by atoms with Crippen molar-refractivity contribution in [2.24, 2.45) is 5.92 Å². The molecule has 2 aliphatic carbocycles. The molecule has 2 aliphatic heterocycles. The summed E-state index contributed by atoms with van der Waals surface area (Å²) in [5, 5.41) is 17.5. The molecule has 4 aliphatic rings. The van der Waals surface area contributed by atoms with E-state index in [9.17, 15) is 5.11 Å². The van der Waals surface area contributed by atoms with Crippen LogP contribution in [0.15, 0.2) is 18.2 Å². The highest BCUT2D eigenvalue weighted by molar-refractivity contribution is 5.63. The number of carbonyl (C=O) groups is 1. The van der Waals surface area contributed by atoms with Crippen LogP contribution in [0.2, 0.25) is 0 Å². The Hall–Kier alpha value is -1.59. The van der Waals surface area contributed by atoms with Gasteiger partial charge in [-0.2, -0.15) is 0 Å². The van der Waals surface area contributed by atoms with Gasteiger partial charge >= 0.3 is 0 Å². The van der Waals surface area contributed by atoms with E-state index in [-0.39, 0.29) is 11.0 Å². The number of carboxylic acid groups (broad SMARTS) is 1. The minimum Gasteiger partial charge on any atom is -0.508 e. The molecule has 2 heterocycles. The standard InChI is InChI=1S/C20H27NO2.C2H4O2/c1-19-18-11-15-5-6-16(22)12-17(15)20(19,7-2-10-23-19)8-9-21(18)13-14-3-4-14;1-2(3)4/h5-6,12,14,18,22H,2-4,7-11,13H2,1H3;1H3,(H,3,4)/t18-,19+,20+;/m1./s1. The predicted molar refractivity (Wildman–Crippen MR) is 103 cm³/mol. The Balaban J connectivity index is 0.000000413. The maximum absolute atomic E-state index is 10.1. The molecule has 5 heteroatoms. The van der Waals surface area contributed by atoms with Crippen molar-refractivity contribution in [2.75, 3.05) is 19.7 Å². The Morgan fingerprint density at radius 2 is 2.07 bits per heavy atom. The highest BCUT2D eigenvalue weighted by Crippen LogP contribution is 2.58. The number of phenols is 1. The summed E-state index contributed by atoms with van der Waals surface area (Å²) in [6, 6.07) is 6.56. The number of aliphatic carboxylic acids is 1. The number of nitrogens with zero attached hydrogens (tertiary/aromatic N) is 1. The molecule has 0 unspecified atom stereocenters. The molecule has 5 rings (SSSR count). The van der Waals surface area contributed by atoms with Gasteiger partial charge in [-0.25, -0.2) is 0 Å². The Morgan fingerprint density at radius 3 is 2.78 bits per heavy atom. The summed E-state index contributed by atoms with van der Waals surface area (Å²) < 4.78 is 6.53. The van der Waals surface area contributed by atoms with Gasteiger partial charge in [-0.15, -0.1) is 0 Å². The molecule has 1 aromatic carbocycles. The molecule has 0 radical (unpaired) electrons. The predicted octanol–water partition coefficient (Wildman–Crippen LogP) is 3.33. The quantitative estimate of drug-likeness (QED) is 0.832. The van der Waals surface area contributed by atoms with Crippen LogP contribution >= 0.6 is 0 Å². The molecule has 1 aromatic rings. The molecule has 0 amide bonds. The van der Waals surface area contributed by atoms with Gasteiger partial charge in [0.2, 0.25) is 0 Å². The fraction of sp³-hybridized carbons (Fsp3) is 0.682. The van der Waals surface area contributed by atoms with E-state index in [2.05, 4.69) is 17.9 Å². The lowest BCUT2D eigenvalue weighted by molar-refractivity contribution is -0.197. The first-order chi connectivity index (χ1) is 12.9. The van der Waals surface area contributed by atoms with Crippen molar-refractivity contribution in [3.63, 3.8) is 0 Å². The zero-order valence-corrected chi connectivity index (χ0v) is 16.4. The van der Waals surface area contributed by atoms with Crippen molar-refractivity contribution >= 4 is 5.97 Å². The number of piperidine rings is 1. The van der Waals surface area contributed by atoms with E-state index < -0.39 is 5.97 Å². The van der Waals surface area contributed by atoms with Gasteiger partial charge in [-0.1, -0.05) is 6.07 Å². The number of hydrogen-bond acceptors (Lipinski definition) is 4. The molecule has 148 valence electrons. The summed E-state index contributed by atoms with van der Waals surface area (Å²) in [4.78, 5) is 11.7. The summed E-state index contributed by atoms with van der Waals surface area (Å²) in [6.45, 7) is 6.78. The van der Waals surface area contributed by atoms with Gasteiger partial charge in [0, 0.05) is 31.5 Å². The van der Waals surface area contributed by atoms with Crippen LogP contribution in [0, 0.1) is 5.92 Å². The summed E-state index contributed by atoms with van der Waals surface area (Å²) in [5.74, 6) is 0.501. The molecular formula is C22H31NO4. The third-order valence-electron chi connectivity index (χ3n) is 7.21. The van der Waals surface area contributed by atoms with E-state index in [1.165, 1.54) is 49.9 Å². The highest BCUT2D eigenvalue weighted by Gasteiger charge is 2.62. The second-order valence-electron chi connectivity index (χ2n) is 8.91. The lowest BCUT2D eigenvalue weighted by Gasteiger charge is -2.64. The lowest BCUT2D eigenvalue weighted by atomic mass is 9.52.